The molecule has 8 heavy (non-hydrogen) atoms. The van der Waals surface area contributed by atoms with Crippen LogP contribution < -0.4 is 24.8 Å². The summed E-state index contributed by atoms with van der Waals surface area (Å²) in [6.07, 6.45) is 0. The zero-order valence-electron chi connectivity index (χ0n) is 4.14. The molecule has 0 atom stereocenters. The van der Waals surface area contributed by atoms with Crippen molar-refractivity contribution in [1.82, 2.24) is 0 Å². The fourth-order valence-corrected chi connectivity index (χ4v) is 0.321. The quantitative estimate of drug-likeness (QED) is 0.281. The van der Waals surface area contributed by atoms with Crippen molar-refractivity contribution in [3.05, 3.63) is 30.3 Å². The standard InChI is InChI=1S/C5H5.2ClH.Ti/c1-2-4-5-3-1;;;/h1-5H;2*1H;/q-1;;;+3/p-2. The molecule has 0 unspecified atom stereocenters. The normalized spacial score (nSPS) is 5.00. The molecule has 0 aliphatic rings. The van der Waals surface area contributed by atoms with Gasteiger partial charge < -0.3 is 24.8 Å². The Bertz CT molecular complexity index is 66.9. The molecule has 0 aromatic heterocycles. The molecule has 0 fully saturated rings. The van der Waals surface area contributed by atoms with Crippen molar-refractivity contribution in [2.75, 3.05) is 0 Å². The van der Waals surface area contributed by atoms with Crippen molar-refractivity contribution in [2.24, 2.45) is 0 Å². The number of halogens is 2. The van der Waals surface area contributed by atoms with E-state index >= 15 is 0 Å². The maximum atomic E-state index is 2.00. The second kappa shape index (κ2) is 10.6. The van der Waals surface area contributed by atoms with Crippen LogP contribution in [0.25, 0.3) is 0 Å². The van der Waals surface area contributed by atoms with E-state index in [9.17, 15) is 0 Å². The third-order valence-corrected chi connectivity index (χ3v) is 0.556. The number of rotatable bonds is 0. The van der Waals surface area contributed by atoms with Crippen molar-refractivity contribution in [3.63, 3.8) is 0 Å². The Balaban J connectivity index is -0.0000000833. The fourth-order valence-electron chi connectivity index (χ4n) is 0.321. The van der Waals surface area contributed by atoms with Crippen LogP contribution in [0.4, 0.5) is 0 Å². The topological polar surface area (TPSA) is 0 Å². The monoisotopic (exact) mass is 183 g/mol. The summed E-state index contributed by atoms with van der Waals surface area (Å²) in [6.45, 7) is 0. The summed E-state index contributed by atoms with van der Waals surface area (Å²) < 4.78 is 0. The van der Waals surface area contributed by atoms with Crippen LogP contribution in [0.1, 0.15) is 0 Å². The van der Waals surface area contributed by atoms with Gasteiger partial charge in [-0.05, 0) is 0 Å². The molecular weight excluding hydrogens is 179 g/mol. The van der Waals surface area contributed by atoms with Crippen LogP contribution in [0, 0.1) is 0 Å². The first-order chi connectivity index (χ1) is 2.50. The molecule has 0 heterocycles. The minimum Gasteiger partial charge on any atom is -1.00 e. The van der Waals surface area contributed by atoms with Gasteiger partial charge in [-0.2, -0.15) is 18.2 Å². The summed E-state index contributed by atoms with van der Waals surface area (Å²) in [6, 6.07) is 10.0. The van der Waals surface area contributed by atoms with E-state index in [1.54, 1.807) is 0 Å². The first kappa shape index (κ1) is 15.9. The van der Waals surface area contributed by atoms with Gasteiger partial charge in [-0.1, -0.05) is 0 Å². The average molecular weight is 184 g/mol. The summed E-state index contributed by atoms with van der Waals surface area (Å²) in [5.74, 6) is 0. The minimum absolute atomic E-state index is 0. The Hall–Kier alpha value is 0.644. The fraction of sp³-hybridized carbons (Fsp3) is 0. The van der Waals surface area contributed by atoms with Gasteiger partial charge >= 0.3 is 21.7 Å². The van der Waals surface area contributed by atoms with E-state index in [1.807, 2.05) is 30.3 Å². The molecule has 0 aliphatic carbocycles. The third kappa shape index (κ3) is 6.64. The molecule has 1 aromatic rings. The summed E-state index contributed by atoms with van der Waals surface area (Å²) in [7, 11) is 0. The van der Waals surface area contributed by atoms with Gasteiger partial charge in [-0.25, -0.2) is 12.1 Å². The molecule has 1 radical (unpaired) electrons. The molecule has 0 nitrogen and oxygen atoms in total. The van der Waals surface area contributed by atoms with E-state index in [0.29, 0.717) is 0 Å². The molecular formula is C5H5Cl2Ti. The van der Waals surface area contributed by atoms with E-state index in [1.165, 1.54) is 0 Å². The first-order valence-electron chi connectivity index (χ1n) is 1.67. The largest absolute Gasteiger partial charge is 3.00 e. The molecule has 0 saturated heterocycles. The number of hydrogen-bond donors (Lipinski definition) is 0. The van der Waals surface area contributed by atoms with Crippen LogP contribution in [0.2, 0.25) is 0 Å². The Morgan fingerprint density at radius 3 is 1.38 bits per heavy atom. The molecule has 0 saturated carbocycles. The van der Waals surface area contributed by atoms with Crippen molar-refractivity contribution >= 4 is 0 Å². The second-order valence-electron chi connectivity index (χ2n) is 0.962. The Labute approximate surface area is 76.7 Å². The van der Waals surface area contributed by atoms with Crippen LogP contribution in [0.15, 0.2) is 30.3 Å². The van der Waals surface area contributed by atoms with Gasteiger partial charge in [-0.3, -0.25) is 0 Å². The SMILES string of the molecule is [Cl-].[Cl-].[Ti+3].c1cc[cH-]c1. The Morgan fingerprint density at radius 1 is 0.875 bits per heavy atom. The summed E-state index contributed by atoms with van der Waals surface area (Å²) in [5.41, 5.74) is 0. The predicted molar refractivity (Wildman–Crippen MR) is 22.0 cm³/mol. The maximum absolute atomic E-state index is 2.00. The minimum atomic E-state index is 0. The first-order valence-corrected chi connectivity index (χ1v) is 1.67. The van der Waals surface area contributed by atoms with E-state index in [0.717, 1.165) is 0 Å². The van der Waals surface area contributed by atoms with Crippen molar-refractivity contribution in [2.45, 2.75) is 0 Å². The van der Waals surface area contributed by atoms with E-state index in [2.05, 4.69) is 0 Å². The molecule has 1 rings (SSSR count). The predicted octanol–water partition coefficient (Wildman–Crippen LogP) is -4.59. The summed E-state index contributed by atoms with van der Waals surface area (Å²) in [4.78, 5) is 0. The van der Waals surface area contributed by atoms with Gasteiger partial charge in [0, 0.05) is 0 Å². The van der Waals surface area contributed by atoms with Gasteiger partial charge in [0.15, 0.2) is 0 Å². The summed E-state index contributed by atoms with van der Waals surface area (Å²) in [5, 5.41) is 0. The van der Waals surface area contributed by atoms with E-state index in [4.69, 9.17) is 0 Å². The molecule has 0 spiro atoms. The third-order valence-electron chi connectivity index (χ3n) is 0.556. The van der Waals surface area contributed by atoms with Crippen molar-refractivity contribution < 1.29 is 46.5 Å². The van der Waals surface area contributed by atoms with Gasteiger partial charge in [-0.15, -0.1) is 0 Å². The van der Waals surface area contributed by atoms with Gasteiger partial charge in [0.2, 0.25) is 0 Å². The van der Waals surface area contributed by atoms with Crippen molar-refractivity contribution in [1.29, 1.82) is 0 Å². The van der Waals surface area contributed by atoms with Crippen LogP contribution in [-0.4, -0.2) is 0 Å². The Morgan fingerprint density at radius 2 is 1.25 bits per heavy atom. The molecule has 43 valence electrons. The smallest absolute Gasteiger partial charge is 1.00 e. The van der Waals surface area contributed by atoms with Gasteiger partial charge in [0.1, 0.15) is 0 Å². The molecule has 0 amide bonds. The van der Waals surface area contributed by atoms with Gasteiger partial charge in [0.05, 0.1) is 0 Å². The van der Waals surface area contributed by atoms with Crippen LogP contribution in [-0.2, 0) is 21.7 Å². The molecule has 0 aliphatic heterocycles. The molecule has 0 bridgehead atoms. The molecule has 0 N–H and O–H groups in total. The molecule has 1 aromatic carbocycles. The zero-order valence-corrected chi connectivity index (χ0v) is 7.22. The second-order valence-corrected chi connectivity index (χ2v) is 0.962. The summed E-state index contributed by atoms with van der Waals surface area (Å²) >= 11 is 0. The van der Waals surface area contributed by atoms with E-state index < -0.39 is 0 Å². The van der Waals surface area contributed by atoms with Crippen LogP contribution >= 0.6 is 0 Å². The van der Waals surface area contributed by atoms with E-state index in [-0.39, 0.29) is 46.5 Å². The maximum Gasteiger partial charge on any atom is 3.00 e. The Kier molecular flexibility index (Phi) is 21.0. The van der Waals surface area contributed by atoms with Crippen LogP contribution in [0.3, 0.4) is 0 Å². The average Bonchev–Trinajstić information content (AvgIpc) is 1.76. The number of hydrogen-bond acceptors (Lipinski definition) is 0. The zero-order chi connectivity index (χ0) is 3.54. The van der Waals surface area contributed by atoms with Gasteiger partial charge in [0.25, 0.3) is 0 Å². The van der Waals surface area contributed by atoms with Crippen molar-refractivity contribution in [3.8, 4) is 0 Å². The van der Waals surface area contributed by atoms with Crippen LogP contribution in [0.5, 0.6) is 0 Å². The molecule has 3 heteroatoms.